The number of ether oxygens (including phenoxy) is 1. The SMILES string of the molecule is CCC1COC(C)CN1C(=O)C(C)(C)Br. The predicted molar refractivity (Wildman–Crippen MR) is 64.2 cm³/mol. The number of hydrogen-bond acceptors (Lipinski definition) is 2. The summed E-state index contributed by atoms with van der Waals surface area (Å²) in [5, 5.41) is 0. The Balaban J connectivity index is 2.75. The van der Waals surface area contributed by atoms with Gasteiger partial charge >= 0.3 is 0 Å². The maximum Gasteiger partial charge on any atom is 0.239 e. The minimum atomic E-state index is -0.475. The first-order valence-electron chi connectivity index (χ1n) is 5.47. The molecule has 1 rings (SSSR count). The molecule has 3 nitrogen and oxygen atoms in total. The highest BCUT2D eigenvalue weighted by Crippen LogP contribution is 2.24. The lowest BCUT2D eigenvalue weighted by atomic mass is 10.1. The molecule has 1 amide bonds. The lowest BCUT2D eigenvalue weighted by Crippen LogP contribution is -2.55. The van der Waals surface area contributed by atoms with Gasteiger partial charge < -0.3 is 9.64 Å². The van der Waals surface area contributed by atoms with Crippen LogP contribution in [-0.4, -0.2) is 40.4 Å². The van der Waals surface area contributed by atoms with Gasteiger partial charge in [0.15, 0.2) is 0 Å². The second-order valence-electron chi connectivity index (χ2n) is 4.64. The number of carbonyl (C=O) groups is 1. The molecule has 2 unspecified atom stereocenters. The second-order valence-corrected chi connectivity index (χ2v) is 6.62. The topological polar surface area (TPSA) is 29.5 Å². The molecule has 0 aliphatic carbocycles. The predicted octanol–water partition coefficient (Wildman–Crippen LogP) is 2.19. The van der Waals surface area contributed by atoms with Crippen LogP contribution in [0.15, 0.2) is 0 Å². The zero-order valence-corrected chi connectivity index (χ0v) is 11.5. The molecule has 0 bridgehead atoms. The van der Waals surface area contributed by atoms with Gasteiger partial charge in [-0.2, -0.15) is 0 Å². The molecule has 0 radical (unpaired) electrons. The third-order valence-electron chi connectivity index (χ3n) is 2.71. The fourth-order valence-corrected chi connectivity index (χ4v) is 2.00. The maximum atomic E-state index is 12.2. The van der Waals surface area contributed by atoms with E-state index in [2.05, 4.69) is 22.9 Å². The highest BCUT2D eigenvalue weighted by Gasteiger charge is 2.36. The average molecular weight is 278 g/mol. The molecule has 1 heterocycles. The van der Waals surface area contributed by atoms with Crippen molar-refractivity contribution in [1.82, 2.24) is 4.90 Å². The van der Waals surface area contributed by atoms with Gasteiger partial charge in [-0.1, -0.05) is 22.9 Å². The number of rotatable bonds is 2. The molecular formula is C11H20BrNO2. The van der Waals surface area contributed by atoms with Crippen LogP contribution < -0.4 is 0 Å². The van der Waals surface area contributed by atoms with Crippen LogP contribution in [0.5, 0.6) is 0 Å². The van der Waals surface area contributed by atoms with E-state index >= 15 is 0 Å². The van der Waals surface area contributed by atoms with Gasteiger partial charge in [-0.15, -0.1) is 0 Å². The van der Waals surface area contributed by atoms with Gasteiger partial charge in [-0.3, -0.25) is 4.79 Å². The Kier molecular flexibility index (Phi) is 4.18. The summed E-state index contributed by atoms with van der Waals surface area (Å²) in [6.45, 7) is 9.24. The molecule has 0 aromatic carbocycles. The lowest BCUT2D eigenvalue weighted by Gasteiger charge is -2.40. The number of nitrogens with zero attached hydrogens (tertiary/aromatic N) is 1. The van der Waals surface area contributed by atoms with E-state index in [9.17, 15) is 4.79 Å². The Morgan fingerprint density at radius 3 is 2.67 bits per heavy atom. The Morgan fingerprint density at radius 1 is 1.60 bits per heavy atom. The lowest BCUT2D eigenvalue weighted by molar-refractivity contribution is -0.145. The molecule has 0 N–H and O–H groups in total. The van der Waals surface area contributed by atoms with Crippen LogP contribution in [-0.2, 0) is 9.53 Å². The van der Waals surface area contributed by atoms with Crippen molar-refractivity contribution in [1.29, 1.82) is 0 Å². The normalized spacial score (nSPS) is 27.9. The Labute approximate surface area is 100 Å². The zero-order valence-electron chi connectivity index (χ0n) is 9.92. The maximum absolute atomic E-state index is 12.2. The van der Waals surface area contributed by atoms with Crippen molar-refractivity contribution in [3.63, 3.8) is 0 Å². The minimum Gasteiger partial charge on any atom is -0.375 e. The summed E-state index contributed by atoms with van der Waals surface area (Å²) >= 11 is 3.42. The van der Waals surface area contributed by atoms with Gasteiger partial charge in [-0.25, -0.2) is 0 Å². The standard InChI is InChI=1S/C11H20BrNO2/c1-5-9-7-15-8(2)6-13(9)10(14)11(3,4)12/h8-9H,5-7H2,1-4H3. The van der Waals surface area contributed by atoms with Crippen LogP contribution in [0.25, 0.3) is 0 Å². The first-order valence-corrected chi connectivity index (χ1v) is 6.27. The fraction of sp³-hybridized carbons (Fsp3) is 0.909. The first-order chi connectivity index (χ1) is 6.86. The van der Waals surface area contributed by atoms with Crippen LogP contribution in [0, 0.1) is 0 Å². The van der Waals surface area contributed by atoms with Crippen LogP contribution in [0.1, 0.15) is 34.1 Å². The van der Waals surface area contributed by atoms with Crippen molar-refractivity contribution in [2.75, 3.05) is 13.2 Å². The molecule has 0 saturated carbocycles. The van der Waals surface area contributed by atoms with Gasteiger partial charge in [0, 0.05) is 6.54 Å². The summed E-state index contributed by atoms with van der Waals surface area (Å²) in [5.74, 6) is 0.157. The molecule has 0 spiro atoms. The van der Waals surface area contributed by atoms with E-state index in [1.165, 1.54) is 0 Å². The number of hydrogen-bond donors (Lipinski definition) is 0. The molecule has 0 aromatic rings. The Hall–Kier alpha value is -0.0900. The van der Waals surface area contributed by atoms with E-state index in [4.69, 9.17) is 4.74 Å². The van der Waals surface area contributed by atoms with Crippen molar-refractivity contribution in [2.45, 2.75) is 50.6 Å². The Morgan fingerprint density at radius 2 is 2.20 bits per heavy atom. The van der Waals surface area contributed by atoms with Crippen LogP contribution in [0.2, 0.25) is 0 Å². The molecule has 0 aromatic heterocycles. The van der Waals surface area contributed by atoms with Gasteiger partial charge in [0.05, 0.1) is 23.1 Å². The highest BCUT2D eigenvalue weighted by atomic mass is 79.9. The largest absolute Gasteiger partial charge is 0.375 e. The molecule has 1 fully saturated rings. The zero-order chi connectivity index (χ0) is 11.6. The number of morpholine rings is 1. The average Bonchev–Trinajstić information content (AvgIpc) is 2.15. The van der Waals surface area contributed by atoms with Gasteiger partial charge in [0.2, 0.25) is 5.91 Å². The second kappa shape index (κ2) is 4.83. The van der Waals surface area contributed by atoms with Crippen LogP contribution in [0.3, 0.4) is 0 Å². The van der Waals surface area contributed by atoms with Gasteiger partial charge in [-0.05, 0) is 27.2 Å². The first kappa shape index (κ1) is 13.0. The van der Waals surface area contributed by atoms with Crippen molar-refractivity contribution < 1.29 is 9.53 Å². The van der Waals surface area contributed by atoms with E-state index in [0.717, 1.165) is 6.42 Å². The number of halogens is 1. The molecule has 15 heavy (non-hydrogen) atoms. The fourth-order valence-electron chi connectivity index (χ4n) is 1.77. The summed E-state index contributed by atoms with van der Waals surface area (Å²) in [7, 11) is 0. The third-order valence-corrected chi connectivity index (χ3v) is 3.05. The molecule has 1 aliphatic rings. The van der Waals surface area contributed by atoms with E-state index in [1.807, 2.05) is 25.7 Å². The van der Waals surface area contributed by atoms with Gasteiger partial charge in [0.25, 0.3) is 0 Å². The molecule has 4 heteroatoms. The van der Waals surface area contributed by atoms with Crippen molar-refractivity contribution >= 4 is 21.8 Å². The summed E-state index contributed by atoms with van der Waals surface area (Å²) in [4.78, 5) is 14.1. The van der Waals surface area contributed by atoms with Crippen molar-refractivity contribution in [3.05, 3.63) is 0 Å². The van der Waals surface area contributed by atoms with Crippen LogP contribution >= 0.6 is 15.9 Å². The Bertz CT molecular complexity index is 237. The van der Waals surface area contributed by atoms with Crippen LogP contribution in [0.4, 0.5) is 0 Å². The van der Waals surface area contributed by atoms with Crippen molar-refractivity contribution in [3.8, 4) is 0 Å². The van der Waals surface area contributed by atoms with E-state index < -0.39 is 4.32 Å². The van der Waals surface area contributed by atoms with E-state index in [0.29, 0.717) is 13.2 Å². The van der Waals surface area contributed by atoms with E-state index in [1.54, 1.807) is 0 Å². The third kappa shape index (κ3) is 3.18. The molecule has 88 valence electrons. The summed E-state index contributed by atoms with van der Waals surface area (Å²) in [6, 6.07) is 0.227. The summed E-state index contributed by atoms with van der Waals surface area (Å²) < 4.78 is 5.09. The highest BCUT2D eigenvalue weighted by molar-refractivity contribution is 9.10. The summed E-state index contributed by atoms with van der Waals surface area (Å²) in [5.41, 5.74) is 0. The monoisotopic (exact) mass is 277 g/mol. The minimum absolute atomic E-state index is 0.145. The molecule has 1 saturated heterocycles. The number of alkyl halides is 1. The molecule has 2 atom stereocenters. The smallest absolute Gasteiger partial charge is 0.239 e. The van der Waals surface area contributed by atoms with Crippen molar-refractivity contribution in [2.24, 2.45) is 0 Å². The molecular weight excluding hydrogens is 258 g/mol. The summed E-state index contributed by atoms with van der Waals surface area (Å²) in [6.07, 6.45) is 1.09. The quantitative estimate of drug-likeness (QED) is 0.725. The number of amides is 1. The van der Waals surface area contributed by atoms with E-state index in [-0.39, 0.29) is 18.1 Å². The molecule has 1 aliphatic heterocycles. The number of carbonyl (C=O) groups excluding carboxylic acids is 1. The van der Waals surface area contributed by atoms with Gasteiger partial charge in [0.1, 0.15) is 0 Å².